The van der Waals surface area contributed by atoms with Crippen LogP contribution < -0.4 is 4.74 Å². The van der Waals surface area contributed by atoms with E-state index in [0.29, 0.717) is 5.39 Å². The molecule has 1 aromatic carbocycles. The third-order valence-corrected chi connectivity index (χ3v) is 2.51. The minimum absolute atomic E-state index is 0.0663. The van der Waals surface area contributed by atoms with E-state index >= 15 is 0 Å². The van der Waals surface area contributed by atoms with Crippen molar-refractivity contribution in [1.29, 1.82) is 0 Å². The molecule has 0 aliphatic carbocycles. The Morgan fingerprint density at radius 2 is 2.17 bits per heavy atom. The second-order valence-corrected chi connectivity index (χ2v) is 3.62. The second-order valence-electron chi connectivity index (χ2n) is 3.62. The number of hydrogen-bond acceptors (Lipinski definition) is 5. The zero-order chi connectivity index (χ0) is 13.3. The molecule has 0 amide bonds. The van der Waals surface area contributed by atoms with Crippen molar-refractivity contribution in [2.24, 2.45) is 7.05 Å². The Bertz CT molecular complexity index is 632. The Kier molecular flexibility index (Phi) is 2.88. The number of carbonyl (C=O) groups excluding carboxylic acids is 1. The summed E-state index contributed by atoms with van der Waals surface area (Å²) in [5, 5.41) is 11.2. The number of ether oxygens (including phenoxy) is 2. The van der Waals surface area contributed by atoms with E-state index in [1.807, 2.05) is 0 Å². The first kappa shape index (κ1) is 11.9. The Hall–Kier alpha value is -2.57. The van der Waals surface area contributed by atoms with Gasteiger partial charge in [-0.15, -0.1) is 0 Å². The molecule has 0 N–H and O–H groups in total. The highest BCUT2D eigenvalue weighted by molar-refractivity contribution is 5.90. The Morgan fingerprint density at radius 1 is 1.44 bits per heavy atom. The van der Waals surface area contributed by atoms with Gasteiger partial charge in [-0.1, -0.05) is 0 Å². The fourth-order valence-corrected chi connectivity index (χ4v) is 1.67. The van der Waals surface area contributed by atoms with Gasteiger partial charge in [-0.25, -0.2) is 4.79 Å². The topological polar surface area (TPSA) is 83.6 Å². The summed E-state index contributed by atoms with van der Waals surface area (Å²) in [6, 6.07) is 4.34. The number of nitro groups is 1. The first-order valence-electron chi connectivity index (χ1n) is 5.02. The molecule has 94 valence electrons. The molecule has 0 radical (unpaired) electrons. The van der Waals surface area contributed by atoms with Crippen molar-refractivity contribution in [3.05, 3.63) is 34.5 Å². The molecule has 2 rings (SSSR count). The van der Waals surface area contributed by atoms with Crippen LogP contribution in [0.1, 0.15) is 0 Å². The fraction of sp³-hybridized carbons (Fsp3) is 0.182. The lowest BCUT2D eigenvalue weighted by atomic mass is 10.2. The number of nitro benzene ring substituents is 1. The van der Waals surface area contributed by atoms with Crippen LogP contribution >= 0.6 is 0 Å². The van der Waals surface area contributed by atoms with Crippen LogP contribution in [0.3, 0.4) is 0 Å². The summed E-state index contributed by atoms with van der Waals surface area (Å²) in [4.78, 5) is 21.3. The number of aromatic nitrogens is 1. The number of carbonyl (C=O) groups is 1. The fourth-order valence-electron chi connectivity index (χ4n) is 1.67. The van der Waals surface area contributed by atoms with Crippen molar-refractivity contribution >= 4 is 22.7 Å². The quantitative estimate of drug-likeness (QED) is 0.463. The van der Waals surface area contributed by atoms with E-state index in [1.54, 1.807) is 23.9 Å². The smallest absolute Gasteiger partial charge is 0.437 e. The summed E-state index contributed by atoms with van der Waals surface area (Å²) in [7, 11) is 2.94. The van der Waals surface area contributed by atoms with Crippen LogP contribution in [-0.2, 0) is 11.8 Å². The highest BCUT2D eigenvalue weighted by Gasteiger charge is 2.15. The highest BCUT2D eigenvalue weighted by atomic mass is 16.7. The molecule has 18 heavy (non-hydrogen) atoms. The van der Waals surface area contributed by atoms with Crippen molar-refractivity contribution in [2.75, 3.05) is 7.11 Å². The van der Waals surface area contributed by atoms with Crippen LogP contribution in [0.15, 0.2) is 24.4 Å². The molecule has 0 aliphatic heterocycles. The summed E-state index contributed by atoms with van der Waals surface area (Å²) >= 11 is 0. The number of rotatable bonds is 2. The molecule has 7 nitrogen and oxygen atoms in total. The van der Waals surface area contributed by atoms with Crippen LogP contribution in [-0.4, -0.2) is 22.8 Å². The average molecular weight is 250 g/mol. The average Bonchev–Trinajstić information content (AvgIpc) is 2.65. The number of fused-ring (bicyclic) bond motifs is 1. The van der Waals surface area contributed by atoms with E-state index in [9.17, 15) is 14.9 Å². The summed E-state index contributed by atoms with van der Waals surface area (Å²) in [5.41, 5.74) is 0.655. The molecule has 0 unspecified atom stereocenters. The molecule has 0 saturated carbocycles. The molecule has 2 aromatic rings. The van der Waals surface area contributed by atoms with Crippen molar-refractivity contribution in [3.8, 4) is 5.75 Å². The van der Waals surface area contributed by atoms with E-state index < -0.39 is 11.1 Å². The van der Waals surface area contributed by atoms with Gasteiger partial charge in [0, 0.05) is 30.8 Å². The highest BCUT2D eigenvalue weighted by Crippen LogP contribution is 2.30. The number of aryl methyl sites for hydroxylation is 1. The van der Waals surface area contributed by atoms with Gasteiger partial charge in [0.25, 0.3) is 5.69 Å². The molecular formula is C11H10N2O5. The maximum atomic E-state index is 11.1. The zero-order valence-corrected chi connectivity index (χ0v) is 9.75. The van der Waals surface area contributed by atoms with Crippen LogP contribution in [0, 0.1) is 10.1 Å². The van der Waals surface area contributed by atoms with Gasteiger partial charge >= 0.3 is 6.16 Å². The third-order valence-electron chi connectivity index (χ3n) is 2.51. The summed E-state index contributed by atoms with van der Waals surface area (Å²) in [6.07, 6.45) is 0.694. The van der Waals surface area contributed by atoms with Gasteiger partial charge in [-0.2, -0.15) is 0 Å². The predicted octanol–water partition coefficient (Wildman–Crippen LogP) is 2.23. The summed E-state index contributed by atoms with van der Waals surface area (Å²) in [5.74, 6) is 0.225. The Balaban J connectivity index is 2.55. The molecule has 0 aliphatic rings. The lowest BCUT2D eigenvalue weighted by molar-refractivity contribution is -0.384. The standard InChI is InChI=1S/C11H10N2O5/c1-12-6-10(18-11(14)17-2)8-5-7(13(15)16)3-4-9(8)12/h3-6H,1-2H3. The first-order chi connectivity index (χ1) is 8.52. The molecule has 1 aromatic heterocycles. The lowest BCUT2D eigenvalue weighted by Crippen LogP contribution is -2.06. The van der Waals surface area contributed by atoms with E-state index in [1.165, 1.54) is 19.2 Å². The summed E-state index contributed by atoms with van der Waals surface area (Å²) in [6.45, 7) is 0. The van der Waals surface area contributed by atoms with Gasteiger partial charge in [-0.05, 0) is 6.07 Å². The van der Waals surface area contributed by atoms with Gasteiger partial charge in [0.2, 0.25) is 0 Å². The second kappa shape index (κ2) is 4.36. The van der Waals surface area contributed by atoms with Crippen LogP contribution in [0.25, 0.3) is 10.9 Å². The van der Waals surface area contributed by atoms with E-state index in [4.69, 9.17) is 4.74 Å². The number of nitrogens with zero attached hydrogens (tertiary/aromatic N) is 2. The number of non-ortho nitro benzene ring substituents is 1. The normalized spacial score (nSPS) is 10.3. The van der Waals surface area contributed by atoms with Crippen molar-refractivity contribution in [3.63, 3.8) is 0 Å². The van der Waals surface area contributed by atoms with E-state index in [0.717, 1.165) is 5.52 Å². The van der Waals surface area contributed by atoms with Gasteiger partial charge in [0.15, 0.2) is 5.75 Å². The largest absolute Gasteiger partial charge is 0.513 e. The molecule has 7 heteroatoms. The van der Waals surface area contributed by atoms with Crippen LogP contribution in [0.2, 0.25) is 0 Å². The lowest BCUT2D eigenvalue weighted by Gasteiger charge is -1.99. The molecular weight excluding hydrogens is 240 g/mol. The third kappa shape index (κ3) is 1.97. The predicted molar refractivity (Wildman–Crippen MR) is 62.6 cm³/mol. The Labute approximate surface area is 102 Å². The molecule has 0 saturated heterocycles. The van der Waals surface area contributed by atoms with E-state index in [2.05, 4.69) is 4.74 Å². The Morgan fingerprint density at radius 3 is 2.78 bits per heavy atom. The maximum Gasteiger partial charge on any atom is 0.513 e. The van der Waals surface area contributed by atoms with Gasteiger partial charge in [0.05, 0.1) is 17.5 Å². The maximum absolute atomic E-state index is 11.1. The first-order valence-corrected chi connectivity index (χ1v) is 5.02. The van der Waals surface area contributed by atoms with Crippen LogP contribution in [0.5, 0.6) is 5.75 Å². The molecule has 0 atom stereocenters. The minimum atomic E-state index is -0.867. The van der Waals surface area contributed by atoms with Crippen molar-refractivity contribution in [2.45, 2.75) is 0 Å². The number of methoxy groups -OCH3 is 1. The van der Waals surface area contributed by atoms with Gasteiger partial charge in [-0.3, -0.25) is 10.1 Å². The van der Waals surface area contributed by atoms with Gasteiger partial charge < -0.3 is 14.0 Å². The minimum Gasteiger partial charge on any atom is -0.437 e. The monoisotopic (exact) mass is 250 g/mol. The molecule has 0 bridgehead atoms. The van der Waals surface area contributed by atoms with E-state index in [-0.39, 0.29) is 11.4 Å². The molecule has 1 heterocycles. The molecule has 0 fully saturated rings. The van der Waals surface area contributed by atoms with Crippen LogP contribution in [0.4, 0.5) is 10.5 Å². The SMILES string of the molecule is COC(=O)Oc1cn(C)c2ccc([N+](=O)[O-])cc12. The van der Waals surface area contributed by atoms with Crippen molar-refractivity contribution in [1.82, 2.24) is 4.57 Å². The summed E-state index contributed by atoms with van der Waals surface area (Å²) < 4.78 is 11.0. The zero-order valence-electron chi connectivity index (χ0n) is 9.75. The van der Waals surface area contributed by atoms with Crippen molar-refractivity contribution < 1.29 is 19.2 Å². The number of benzene rings is 1. The molecule has 0 spiro atoms. The number of hydrogen-bond donors (Lipinski definition) is 0. The van der Waals surface area contributed by atoms with Gasteiger partial charge in [0.1, 0.15) is 0 Å².